The number of hydrogen-bond donors (Lipinski definition) is 2. The van der Waals surface area contributed by atoms with Gasteiger partial charge in [-0.1, -0.05) is 12.1 Å². The molecule has 6 heteroatoms. The Labute approximate surface area is 144 Å². The standard InChI is InChI=1S/C19H18F2N2O2/c1-22-19(25)15-5-2-13(3-6-15)4-7-18(24)23-9-8-14-10-16(20)12-17(21)11-14/h2-7,10-12H,8-9H2,1H3,(H,22,25)(H,23,24)/b7-4-. The summed E-state index contributed by atoms with van der Waals surface area (Å²) in [6, 6.07) is 10.1. The summed E-state index contributed by atoms with van der Waals surface area (Å²) in [6.07, 6.45) is 3.31. The summed E-state index contributed by atoms with van der Waals surface area (Å²) in [5, 5.41) is 5.17. The van der Waals surface area contributed by atoms with Crippen LogP contribution in [0.1, 0.15) is 21.5 Å². The van der Waals surface area contributed by atoms with Crippen LogP contribution in [-0.2, 0) is 11.2 Å². The van der Waals surface area contributed by atoms with Gasteiger partial charge in [0.1, 0.15) is 11.6 Å². The van der Waals surface area contributed by atoms with Crippen LogP contribution < -0.4 is 10.6 Å². The molecule has 0 spiro atoms. The lowest BCUT2D eigenvalue weighted by atomic mass is 10.1. The molecule has 0 aliphatic rings. The summed E-state index contributed by atoms with van der Waals surface area (Å²) >= 11 is 0. The molecule has 0 fully saturated rings. The van der Waals surface area contributed by atoms with E-state index in [4.69, 9.17) is 0 Å². The lowest BCUT2D eigenvalue weighted by molar-refractivity contribution is -0.116. The highest BCUT2D eigenvalue weighted by molar-refractivity contribution is 5.94. The van der Waals surface area contributed by atoms with Crippen molar-refractivity contribution in [1.82, 2.24) is 10.6 Å². The van der Waals surface area contributed by atoms with E-state index >= 15 is 0 Å². The van der Waals surface area contributed by atoms with Gasteiger partial charge >= 0.3 is 0 Å². The smallest absolute Gasteiger partial charge is 0.251 e. The predicted octanol–water partition coefficient (Wildman–Crippen LogP) is 2.70. The Bertz CT molecular complexity index is 766. The molecule has 0 unspecified atom stereocenters. The zero-order valence-corrected chi connectivity index (χ0v) is 13.7. The van der Waals surface area contributed by atoms with Crippen LogP contribution in [-0.4, -0.2) is 25.4 Å². The minimum atomic E-state index is -0.638. The van der Waals surface area contributed by atoms with Crippen LogP contribution in [0.15, 0.2) is 48.5 Å². The molecular formula is C19H18F2N2O2. The molecule has 0 bridgehead atoms. The molecule has 25 heavy (non-hydrogen) atoms. The molecule has 2 rings (SSSR count). The average Bonchev–Trinajstić information content (AvgIpc) is 2.59. The van der Waals surface area contributed by atoms with E-state index in [1.54, 1.807) is 37.4 Å². The monoisotopic (exact) mass is 344 g/mol. The molecular weight excluding hydrogens is 326 g/mol. The molecule has 0 saturated heterocycles. The van der Waals surface area contributed by atoms with Crippen molar-refractivity contribution >= 4 is 17.9 Å². The normalized spacial score (nSPS) is 10.7. The molecule has 0 atom stereocenters. The molecule has 0 radical (unpaired) electrons. The summed E-state index contributed by atoms with van der Waals surface area (Å²) in [5.74, 6) is -1.77. The molecule has 2 aromatic carbocycles. The Morgan fingerprint density at radius 3 is 2.28 bits per heavy atom. The minimum Gasteiger partial charge on any atom is -0.355 e. The largest absolute Gasteiger partial charge is 0.355 e. The zero-order valence-electron chi connectivity index (χ0n) is 13.7. The second kappa shape index (κ2) is 8.73. The third-order valence-corrected chi connectivity index (χ3v) is 3.46. The van der Waals surface area contributed by atoms with Crippen molar-refractivity contribution in [2.24, 2.45) is 0 Å². The van der Waals surface area contributed by atoms with E-state index in [1.807, 2.05) is 0 Å². The fourth-order valence-corrected chi connectivity index (χ4v) is 2.21. The van der Waals surface area contributed by atoms with Crippen molar-refractivity contribution in [1.29, 1.82) is 0 Å². The lowest BCUT2D eigenvalue weighted by Crippen LogP contribution is -2.23. The van der Waals surface area contributed by atoms with Gasteiger partial charge in [-0.2, -0.15) is 0 Å². The quantitative estimate of drug-likeness (QED) is 0.792. The lowest BCUT2D eigenvalue weighted by Gasteiger charge is -2.04. The summed E-state index contributed by atoms with van der Waals surface area (Å²) < 4.78 is 26.1. The molecule has 2 N–H and O–H groups in total. The maximum absolute atomic E-state index is 13.1. The summed E-state index contributed by atoms with van der Waals surface area (Å²) in [4.78, 5) is 23.2. The Morgan fingerprint density at radius 1 is 1.04 bits per heavy atom. The second-order valence-electron chi connectivity index (χ2n) is 5.35. The van der Waals surface area contributed by atoms with Gasteiger partial charge in [0.15, 0.2) is 0 Å². The van der Waals surface area contributed by atoms with Crippen molar-refractivity contribution in [2.45, 2.75) is 6.42 Å². The van der Waals surface area contributed by atoms with Crippen LogP contribution in [0, 0.1) is 11.6 Å². The van der Waals surface area contributed by atoms with Gasteiger partial charge < -0.3 is 10.6 Å². The number of amides is 2. The fraction of sp³-hybridized carbons (Fsp3) is 0.158. The molecule has 0 aromatic heterocycles. The molecule has 4 nitrogen and oxygen atoms in total. The van der Waals surface area contributed by atoms with E-state index in [0.717, 1.165) is 11.6 Å². The highest BCUT2D eigenvalue weighted by Crippen LogP contribution is 2.08. The van der Waals surface area contributed by atoms with Gasteiger partial charge in [-0.25, -0.2) is 8.78 Å². The number of rotatable bonds is 6. The van der Waals surface area contributed by atoms with Crippen molar-refractivity contribution < 1.29 is 18.4 Å². The van der Waals surface area contributed by atoms with E-state index < -0.39 is 11.6 Å². The van der Waals surface area contributed by atoms with Crippen LogP contribution >= 0.6 is 0 Å². The fourth-order valence-electron chi connectivity index (χ4n) is 2.21. The highest BCUT2D eigenvalue weighted by atomic mass is 19.1. The average molecular weight is 344 g/mol. The Hall–Kier alpha value is -3.02. The number of nitrogens with one attached hydrogen (secondary N) is 2. The maximum atomic E-state index is 13.1. The van der Waals surface area contributed by atoms with Crippen molar-refractivity contribution in [3.8, 4) is 0 Å². The molecule has 0 aliphatic carbocycles. The van der Waals surface area contributed by atoms with Crippen molar-refractivity contribution in [3.63, 3.8) is 0 Å². The SMILES string of the molecule is CNC(=O)c1ccc(/C=C\C(=O)NCCc2cc(F)cc(F)c2)cc1. The minimum absolute atomic E-state index is 0.179. The topological polar surface area (TPSA) is 58.2 Å². The highest BCUT2D eigenvalue weighted by Gasteiger charge is 2.03. The van der Waals surface area contributed by atoms with E-state index in [9.17, 15) is 18.4 Å². The van der Waals surface area contributed by atoms with Gasteiger partial charge in [0.05, 0.1) is 0 Å². The first kappa shape index (κ1) is 18.3. The maximum Gasteiger partial charge on any atom is 0.251 e. The van der Waals surface area contributed by atoms with E-state index in [1.165, 1.54) is 18.2 Å². The summed E-state index contributed by atoms with van der Waals surface area (Å²) in [7, 11) is 1.55. The van der Waals surface area contributed by atoms with Gasteiger partial charge in [-0.3, -0.25) is 9.59 Å². The van der Waals surface area contributed by atoms with E-state index in [2.05, 4.69) is 10.6 Å². The third-order valence-electron chi connectivity index (χ3n) is 3.46. The first-order chi connectivity index (χ1) is 12.0. The van der Waals surface area contributed by atoms with Crippen molar-refractivity contribution in [2.75, 3.05) is 13.6 Å². The Kier molecular flexibility index (Phi) is 6.39. The van der Waals surface area contributed by atoms with Crippen LogP contribution in [0.4, 0.5) is 8.78 Å². The van der Waals surface area contributed by atoms with Gasteiger partial charge in [-0.15, -0.1) is 0 Å². The van der Waals surface area contributed by atoms with Gasteiger partial charge in [0, 0.05) is 31.3 Å². The van der Waals surface area contributed by atoms with Gasteiger partial charge in [0.25, 0.3) is 5.91 Å². The number of carbonyl (C=O) groups excluding carboxylic acids is 2. The first-order valence-corrected chi connectivity index (χ1v) is 7.71. The predicted molar refractivity (Wildman–Crippen MR) is 91.9 cm³/mol. The molecule has 2 aromatic rings. The van der Waals surface area contributed by atoms with E-state index in [0.29, 0.717) is 17.5 Å². The van der Waals surface area contributed by atoms with Crippen LogP contribution in [0.3, 0.4) is 0 Å². The number of benzene rings is 2. The van der Waals surface area contributed by atoms with Crippen LogP contribution in [0.5, 0.6) is 0 Å². The Morgan fingerprint density at radius 2 is 1.68 bits per heavy atom. The van der Waals surface area contributed by atoms with Gasteiger partial charge in [-0.05, 0) is 47.9 Å². The number of carbonyl (C=O) groups is 2. The summed E-state index contributed by atoms with van der Waals surface area (Å²) in [6.45, 7) is 0.266. The molecule has 130 valence electrons. The summed E-state index contributed by atoms with van der Waals surface area (Å²) in [5.41, 5.74) is 1.79. The zero-order chi connectivity index (χ0) is 18.2. The number of hydrogen-bond acceptors (Lipinski definition) is 2. The third kappa shape index (κ3) is 5.84. The number of halogens is 2. The molecule has 0 heterocycles. The molecule has 0 saturated carbocycles. The Balaban J connectivity index is 1.83. The van der Waals surface area contributed by atoms with Gasteiger partial charge in [0.2, 0.25) is 5.91 Å². The van der Waals surface area contributed by atoms with Crippen molar-refractivity contribution in [3.05, 3.63) is 76.9 Å². The molecule has 0 aliphatic heterocycles. The first-order valence-electron chi connectivity index (χ1n) is 7.71. The van der Waals surface area contributed by atoms with Crippen LogP contribution in [0.25, 0.3) is 6.08 Å². The van der Waals surface area contributed by atoms with Crippen LogP contribution in [0.2, 0.25) is 0 Å². The molecule has 2 amide bonds. The van der Waals surface area contributed by atoms with E-state index in [-0.39, 0.29) is 18.4 Å². The second-order valence-corrected chi connectivity index (χ2v) is 5.35.